The maximum Gasteiger partial charge on any atom is 0.257 e. The first-order chi connectivity index (χ1) is 11.5. The summed E-state index contributed by atoms with van der Waals surface area (Å²) in [6.45, 7) is 3.87. The quantitative estimate of drug-likeness (QED) is 0.878. The van der Waals surface area contributed by atoms with E-state index in [0.29, 0.717) is 35.1 Å². The van der Waals surface area contributed by atoms with E-state index in [0.717, 1.165) is 5.56 Å². The van der Waals surface area contributed by atoms with Crippen molar-refractivity contribution in [2.45, 2.75) is 26.3 Å². The van der Waals surface area contributed by atoms with Crippen molar-refractivity contribution in [3.63, 3.8) is 0 Å². The van der Waals surface area contributed by atoms with Crippen LogP contribution in [0.2, 0.25) is 0 Å². The Morgan fingerprint density at radius 3 is 2.96 bits per heavy atom. The highest BCUT2D eigenvalue weighted by Gasteiger charge is 2.31. The van der Waals surface area contributed by atoms with Gasteiger partial charge >= 0.3 is 0 Å². The molecule has 0 radical (unpaired) electrons. The SMILES string of the molecule is CSCC(=O)Nc1c2c(nn1-c1ccc(C)cn1)CC(C)NC2=O. The monoisotopic (exact) mass is 345 g/mol. The summed E-state index contributed by atoms with van der Waals surface area (Å²) in [6, 6.07) is 3.74. The number of carbonyl (C=O) groups excluding carboxylic acids is 2. The molecule has 3 rings (SSSR count). The van der Waals surface area contributed by atoms with E-state index < -0.39 is 0 Å². The Kier molecular flexibility index (Phi) is 4.57. The molecule has 1 aliphatic rings. The number of thioether (sulfide) groups is 1. The van der Waals surface area contributed by atoms with Gasteiger partial charge in [0.15, 0.2) is 11.6 Å². The second-order valence-corrected chi connectivity index (χ2v) is 6.70. The first-order valence-corrected chi connectivity index (χ1v) is 9.03. The zero-order valence-corrected chi connectivity index (χ0v) is 14.6. The third-order valence-electron chi connectivity index (χ3n) is 3.71. The van der Waals surface area contributed by atoms with Gasteiger partial charge in [-0.25, -0.2) is 4.98 Å². The van der Waals surface area contributed by atoms with Crippen LogP contribution in [0.5, 0.6) is 0 Å². The summed E-state index contributed by atoms with van der Waals surface area (Å²) in [5.41, 5.74) is 2.12. The molecule has 2 aromatic rings. The molecule has 1 atom stereocenters. The predicted molar refractivity (Wildman–Crippen MR) is 93.7 cm³/mol. The summed E-state index contributed by atoms with van der Waals surface area (Å²) in [4.78, 5) is 28.9. The molecule has 0 saturated carbocycles. The van der Waals surface area contributed by atoms with E-state index in [9.17, 15) is 9.59 Å². The van der Waals surface area contributed by atoms with E-state index in [1.165, 1.54) is 11.8 Å². The molecule has 0 aliphatic carbocycles. The Bertz CT molecular complexity index is 785. The number of fused-ring (bicyclic) bond motifs is 1. The molecule has 126 valence electrons. The number of carbonyl (C=O) groups is 2. The fourth-order valence-corrected chi connectivity index (χ4v) is 2.98. The first-order valence-electron chi connectivity index (χ1n) is 7.64. The fourth-order valence-electron chi connectivity index (χ4n) is 2.65. The van der Waals surface area contributed by atoms with Gasteiger partial charge in [-0.15, -0.1) is 0 Å². The standard InChI is InChI=1S/C16H19N5O2S/c1-9-4-5-12(17-7-9)21-15(19-13(22)8-24-3)14-11(20-21)6-10(2)18-16(14)23/h4-5,7,10H,6,8H2,1-3H3,(H,18,23)(H,19,22). The highest BCUT2D eigenvalue weighted by Crippen LogP contribution is 2.27. The Hall–Kier alpha value is -2.35. The van der Waals surface area contributed by atoms with Crippen molar-refractivity contribution >= 4 is 29.4 Å². The van der Waals surface area contributed by atoms with Crippen molar-refractivity contribution in [1.29, 1.82) is 0 Å². The minimum absolute atomic E-state index is 0.00840. The molecule has 24 heavy (non-hydrogen) atoms. The summed E-state index contributed by atoms with van der Waals surface area (Å²) >= 11 is 1.42. The second-order valence-electron chi connectivity index (χ2n) is 5.84. The number of rotatable bonds is 4. The van der Waals surface area contributed by atoms with Crippen LogP contribution in [0.4, 0.5) is 5.82 Å². The van der Waals surface area contributed by atoms with Crippen LogP contribution in [-0.2, 0) is 11.2 Å². The Morgan fingerprint density at radius 1 is 1.50 bits per heavy atom. The minimum Gasteiger partial charge on any atom is -0.349 e. The van der Waals surface area contributed by atoms with Crippen LogP contribution in [0, 0.1) is 6.92 Å². The van der Waals surface area contributed by atoms with Gasteiger partial charge < -0.3 is 10.6 Å². The van der Waals surface area contributed by atoms with E-state index in [-0.39, 0.29) is 17.9 Å². The lowest BCUT2D eigenvalue weighted by Crippen LogP contribution is -2.39. The number of anilines is 1. The minimum atomic E-state index is -0.221. The summed E-state index contributed by atoms with van der Waals surface area (Å²) in [5, 5.41) is 10.2. The molecule has 0 saturated heterocycles. The van der Waals surface area contributed by atoms with Crippen LogP contribution in [0.25, 0.3) is 5.82 Å². The molecular weight excluding hydrogens is 326 g/mol. The lowest BCUT2D eigenvalue weighted by Gasteiger charge is -2.19. The number of aryl methyl sites for hydroxylation is 1. The number of nitrogens with one attached hydrogen (secondary N) is 2. The van der Waals surface area contributed by atoms with E-state index >= 15 is 0 Å². The van der Waals surface area contributed by atoms with Crippen LogP contribution in [0.1, 0.15) is 28.5 Å². The van der Waals surface area contributed by atoms with Gasteiger partial charge in [-0.3, -0.25) is 9.59 Å². The third-order valence-corrected chi connectivity index (χ3v) is 4.26. The molecule has 3 heterocycles. The lowest BCUT2D eigenvalue weighted by molar-refractivity contribution is -0.113. The molecule has 1 aliphatic heterocycles. The summed E-state index contributed by atoms with van der Waals surface area (Å²) < 4.78 is 1.54. The molecular formula is C16H19N5O2S. The fraction of sp³-hybridized carbons (Fsp3) is 0.375. The number of pyridine rings is 1. The number of nitrogens with zero attached hydrogens (tertiary/aromatic N) is 3. The molecule has 2 amide bonds. The van der Waals surface area contributed by atoms with Gasteiger partial charge in [0, 0.05) is 18.7 Å². The lowest BCUT2D eigenvalue weighted by atomic mass is 10.0. The number of aromatic nitrogens is 3. The van der Waals surface area contributed by atoms with Crippen LogP contribution >= 0.6 is 11.8 Å². The molecule has 0 aromatic carbocycles. The molecule has 7 nitrogen and oxygen atoms in total. The van der Waals surface area contributed by atoms with Crippen LogP contribution in [-0.4, -0.2) is 44.6 Å². The van der Waals surface area contributed by atoms with Crippen molar-refractivity contribution < 1.29 is 9.59 Å². The maximum absolute atomic E-state index is 12.4. The average molecular weight is 345 g/mol. The molecule has 0 bridgehead atoms. The zero-order chi connectivity index (χ0) is 17.3. The van der Waals surface area contributed by atoms with Crippen LogP contribution < -0.4 is 10.6 Å². The smallest absolute Gasteiger partial charge is 0.257 e. The zero-order valence-electron chi connectivity index (χ0n) is 13.8. The number of hydrogen-bond donors (Lipinski definition) is 2. The molecule has 1 unspecified atom stereocenters. The predicted octanol–water partition coefficient (Wildman–Crippen LogP) is 1.55. The van der Waals surface area contributed by atoms with Crippen molar-refractivity contribution in [3.05, 3.63) is 35.2 Å². The van der Waals surface area contributed by atoms with E-state index in [2.05, 4.69) is 20.7 Å². The Labute approximate surface area is 144 Å². The van der Waals surface area contributed by atoms with Gasteiger partial charge in [-0.05, 0) is 31.7 Å². The van der Waals surface area contributed by atoms with Crippen molar-refractivity contribution in [2.75, 3.05) is 17.3 Å². The maximum atomic E-state index is 12.4. The Balaban J connectivity index is 2.10. The molecule has 2 N–H and O–H groups in total. The van der Waals surface area contributed by atoms with Crippen LogP contribution in [0.3, 0.4) is 0 Å². The molecule has 0 spiro atoms. The molecule has 2 aromatic heterocycles. The first kappa shape index (κ1) is 16.5. The largest absolute Gasteiger partial charge is 0.349 e. The van der Waals surface area contributed by atoms with Crippen molar-refractivity contribution in [1.82, 2.24) is 20.1 Å². The highest BCUT2D eigenvalue weighted by molar-refractivity contribution is 7.99. The Morgan fingerprint density at radius 2 is 2.29 bits per heavy atom. The van der Waals surface area contributed by atoms with Crippen molar-refractivity contribution in [3.8, 4) is 5.82 Å². The van der Waals surface area contributed by atoms with Gasteiger partial charge in [0.05, 0.1) is 11.4 Å². The summed E-state index contributed by atoms with van der Waals surface area (Å²) in [7, 11) is 0. The number of amides is 2. The third kappa shape index (κ3) is 3.14. The van der Waals surface area contributed by atoms with Crippen molar-refractivity contribution in [2.24, 2.45) is 0 Å². The molecule has 8 heteroatoms. The highest BCUT2D eigenvalue weighted by atomic mass is 32.2. The van der Waals surface area contributed by atoms with E-state index in [1.54, 1.807) is 10.9 Å². The second kappa shape index (κ2) is 6.64. The summed E-state index contributed by atoms with van der Waals surface area (Å²) in [6.07, 6.45) is 4.19. The van der Waals surface area contributed by atoms with Gasteiger partial charge in [-0.1, -0.05) is 6.07 Å². The van der Waals surface area contributed by atoms with Gasteiger partial charge in [0.2, 0.25) is 5.91 Å². The number of hydrogen-bond acceptors (Lipinski definition) is 5. The van der Waals surface area contributed by atoms with Gasteiger partial charge in [0.25, 0.3) is 5.91 Å². The summed E-state index contributed by atoms with van der Waals surface area (Å²) in [5.74, 6) is 0.852. The van der Waals surface area contributed by atoms with E-state index in [4.69, 9.17) is 0 Å². The topological polar surface area (TPSA) is 88.9 Å². The van der Waals surface area contributed by atoms with Gasteiger partial charge in [0.1, 0.15) is 5.56 Å². The molecule has 0 fully saturated rings. The van der Waals surface area contributed by atoms with E-state index in [1.807, 2.05) is 32.2 Å². The van der Waals surface area contributed by atoms with Gasteiger partial charge in [-0.2, -0.15) is 21.5 Å². The normalized spacial score (nSPS) is 16.5. The average Bonchev–Trinajstić information content (AvgIpc) is 2.86. The van der Waals surface area contributed by atoms with Crippen LogP contribution in [0.15, 0.2) is 18.3 Å².